The number of amides is 2. The Balaban J connectivity index is 2.63. The molecule has 5 N–H and O–H groups in total. The van der Waals surface area contributed by atoms with Crippen LogP contribution >= 0.6 is 0 Å². The van der Waals surface area contributed by atoms with E-state index in [1.165, 1.54) is 6.07 Å². The molecule has 1 aromatic rings. The Hall–Kier alpha value is -2.28. The number of rotatable bonds is 8. The third-order valence-corrected chi connectivity index (χ3v) is 2.46. The molecule has 7 heteroatoms. The summed E-state index contributed by atoms with van der Waals surface area (Å²) in [6.07, 6.45) is 0.724. The highest BCUT2D eigenvalue weighted by Crippen LogP contribution is 2.22. The van der Waals surface area contributed by atoms with Crippen LogP contribution in [0.4, 0.5) is 5.69 Å². The third-order valence-electron chi connectivity index (χ3n) is 2.46. The summed E-state index contributed by atoms with van der Waals surface area (Å²) in [5.74, 6) is -0.600. The van der Waals surface area contributed by atoms with Crippen LogP contribution in [0.15, 0.2) is 18.2 Å². The zero-order valence-corrected chi connectivity index (χ0v) is 11.3. The van der Waals surface area contributed by atoms with Crippen LogP contribution in [0.2, 0.25) is 0 Å². The topological polar surface area (TPSA) is 117 Å². The van der Waals surface area contributed by atoms with Crippen LogP contribution < -0.4 is 21.5 Å². The molecule has 1 aromatic carbocycles. The minimum absolute atomic E-state index is 0.245. The lowest BCUT2D eigenvalue weighted by molar-refractivity contribution is -0.119. The molecular weight excluding hydrogens is 262 g/mol. The van der Waals surface area contributed by atoms with Gasteiger partial charge >= 0.3 is 0 Å². The second kappa shape index (κ2) is 8.00. The maximum absolute atomic E-state index is 11.9. The van der Waals surface area contributed by atoms with E-state index >= 15 is 0 Å². The van der Waals surface area contributed by atoms with Gasteiger partial charge in [0, 0.05) is 25.8 Å². The summed E-state index contributed by atoms with van der Waals surface area (Å²) < 4.78 is 10.0. The lowest BCUT2D eigenvalue weighted by Crippen LogP contribution is -2.25. The van der Waals surface area contributed by atoms with Gasteiger partial charge in [-0.15, -0.1) is 0 Å². The molecule has 0 spiro atoms. The van der Waals surface area contributed by atoms with Gasteiger partial charge in [-0.05, 0) is 24.6 Å². The molecular formula is C13H19N3O4. The Morgan fingerprint density at radius 3 is 2.75 bits per heavy atom. The number of nitrogens with two attached hydrogens (primary N) is 2. The fraction of sp³-hybridized carbons (Fsp3) is 0.385. The first kappa shape index (κ1) is 15.8. The van der Waals surface area contributed by atoms with Crippen LogP contribution in [0, 0.1) is 0 Å². The number of nitrogen functional groups attached to an aromatic ring is 1. The molecule has 0 aliphatic rings. The van der Waals surface area contributed by atoms with E-state index < -0.39 is 5.91 Å². The molecule has 7 nitrogen and oxygen atoms in total. The van der Waals surface area contributed by atoms with Crippen LogP contribution in [-0.4, -0.2) is 38.7 Å². The van der Waals surface area contributed by atoms with Crippen LogP contribution in [-0.2, 0) is 9.53 Å². The van der Waals surface area contributed by atoms with Crippen molar-refractivity contribution < 1.29 is 19.1 Å². The number of ether oxygens (including phenoxy) is 2. The molecule has 20 heavy (non-hydrogen) atoms. The SMILES string of the molecule is COCCCNC(=O)c1ccc(N)c(OCC(N)=O)c1. The minimum atomic E-state index is -0.612. The molecule has 0 aliphatic carbocycles. The lowest BCUT2D eigenvalue weighted by Gasteiger charge is -2.10. The minimum Gasteiger partial charge on any atom is -0.482 e. The second-order valence-corrected chi connectivity index (χ2v) is 4.11. The van der Waals surface area contributed by atoms with Gasteiger partial charge in [-0.2, -0.15) is 0 Å². The van der Waals surface area contributed by atoms with Gasteiger partial charge in [0.15, 0.2) is 6.61 Å². The largest absolute Gasteiger partial charge is 0.482 e. The lowest BCUT2D eigenvalue weighted by atomic mass is 10.1. The molecule has 0 heterocycles. The quantitative estimate of drug-likeness (QED) is 0.454. The summed E-state index contributed by atoms with van der Waals surface area (Å²) in [4.78, 5) is 22.5. The molecule has 0 saturated carbocycles. The van der Waals surface area contributed by atoms with Crippen molar-refractivity contribution >= 4 is 17.5 Å². The van der Waals surface area contributed by atoms with Gasteiger partial charge in [0.2, 0.25) is 0 Å². The van der Waals surface area contributed by atoms with Gasteiger partial charge in [-0.3, -0.25) is 9.59 Å². The van der Waals surface area contributed by atoms with Crippen LogP contribution in [0.1, 0.15) is 16.8 Å². The number of carbonyl (C=O) groups excluding carboxylic acids is 2. The Labute approximate surface area is 117 Å². The number of hydrogen-bond donors (Lipinski definition) is 3. The van der Waals surface area contributed by atoms with E-state index in [9.17, 15) is 9.59 Å². The zero-order valence-electron chi connectivity index (χ0n) is 11.3. The van der Waals surface area contributed by atoms with Crippen molar-refractivity contribution in [2.75, 3.05) is 32.6 Å². The maximum Gasteiger partial charge on any atom is 0.255 e. The van der Waals surface area contributed by atoms with E-state index in [4.69, 9.17) is 20.9 Å². The molecule has 0 aliphatic heterocycles. The molecule has 0 radical (unpaired) electrons. The fourth-order valence-electron chi connectivity index (χ4n) is 1.47. The zero-order chi connectivity index (χ0) is 15.0. The van der Waals surface area contributed by atoms with Crippen molar-refractivity contribution in [3.05, 3.63) is 23.8 Å². The van der Waals surface area contributed by atoms with Crippen LogP contribution in [0.25, 0.3) is 0 Å². The summed E-state index contributed by atoms with van der Waals surface area (Å²) in [5, 5.41) is 2.74. The standard InChI is InChI=1S/C13H19N3O4/c1-19-6-2-5-16-13(18)9-3-4-10(14)11(7-9)20-8-12(15)17/h3-4,7H,2,5-6,8,14H2,1H3,(H2,15,17)(H,16,18). The van der Waals surface area contributed by atoms with Crippen molar-refractivity contribution in [2.24, 2.45) is 5.73 Å². The number of hydrogen-bond acceptors (Lipinski definition) is 5. The number of nitrogens with one attached hydrogen (secondary N) is 1. The first-order chi connectivity index (χ1) is 9.54. The van der Waals surface area contributed by atoms with Crippen molar-refractivity contribution in [1.82, 2.24) is 5.32 Å². The molecule has 0 saturated heterocycles. The van der Waals surface area contributed by atoms with Crippen LogP contribution in [0.5, 0.6) is 5.75 Å². The van der Waals surface area contributed by atoms with Crippen molar-refractivity contribution in [3.63, 3.8) is 0 Å². The van der Waals surface area contributed by atoms with Crippen LogP contribution in [0.3, 0.4) is 0 Å². The molecule has 0 bridgehead atoms. The highest BCUT2D eigenvalue weighted by Gasteiger charge is 2.09. The molecule has 2 amide bonds. The molecule has 0 atom stereocenters. The first-order valence-electron chi connectivity index (χ1n) is 6.12. The normalized spacial score (nSPS) is 10.1. The van der Waals surface area contributed by atoms with Crippen molar-refractivity contribution in [1.29, 1.82) is 0 Å². The molecule has 110 valence electrons. The van der Waals surface area contributed by atoms with Crippen molar-refractivity contribution in [3.8, 4) is 5.75 Å². The van der Waals surface area contributed by atoms with Crippen molar-refractivity contribution in [2.45, 2.75) is 6.42 Å². The van der Waals surface area contributed by atoms with E-state index in [1.807, 2.05) is 0 Å². The highest BCUT2D eigenvalue weighted by molar-refractivity contribution is 5.95. The highest BCUT2D eigenvalue weighted by atomic mass is 16.5. The molecule has 0 unspecified atom stereocenters. The summed E-state index contributed by atoms with van der Waals surface area (Å²) in [6.45, 7) is 0.798. The van der Waals surface area contributed by atoms with E-state index in [0.717, 1.165) is 6.42 Å². The average molecular weight is 281 g/mol. The summed E-state index contributed by atoms with van der Waals surface area (Å²) >= 11 is 0. The van der Waals surface area contributed by atoms with Gasteiger partial charge in [-0.25, -0.2) is 0 Å². The number of anilines is 1. The Kier molecular flexibility index (Phi) is 6.31. The predicted molar refractivity (Wildman–Crippen MR) is 74.4 cm³/mol. The van der Waals surface area contributed by atoms with E-state index in [0.29, 0.717) is 24.4 Å². The Morgan fingerprint density at radius 2 is 2.10 bits per heavy atom. The van der Waals surface area contributed by atoms with Gasteiger partial charge in [-0.1, -0.05) is 0 Å². The second-order valence-electron chi connectivity index (χ2n) is 4.11. The third kappa shape index (κ3) is 5.15. The first-order valence-corrected chi connectivity index (χ1v) is 6.12. The monoisotopic (exact) mass is 281 g/mol. The van der Waals surface area contributed by atoms with E-state index in [2.05, 4.69) is 5.32 Å². The average Bonchev–Trinajstić information content (AvgIpc) is 2.42. The number of carbonyl (C=O) groups is 2. The molecule has 0 aromatic heterocycles. The molecule has 1 rings (SSSR count). The Morgan fingerprint density at radius 1 is 1.35 bits per heavy atom. The van der Waals surface area contributed by atoms with Gasteiger partial charge in [0.25, 0.3) is 11.8 Å². The van der Waals surface area contributed by atoms with Gasteiger partial charge in [0.1, 0.15) is 5.75 Å². The number of methoxy groups -OCH3 is 1. The van der Waals surface area contributed by atoms with Gasteiger partial charge < -0.3 is 26.3 Å². The summed E-state index contributed by atoms with van der Waals surface area (Å²) in [7, 11) is 1.60. The smallest absolute Gasteiger partial charge is 0.255 e. The summed E-state index contributed by atoms with van der Waals surface area (Å²) in [5.41, 5.74) is 11.4. The van der Waals surface area contributed by atoms with E-state index in [1.54, 1.807) is 19.2 Å². The predicted octanol–water partition coefficient (Wildman–Crippen LogP) is -0.101. The summed E-state index contributed by atoms with van der Waals surface area (Å²) in [6, 6.07) is 4.60. The maximum atomic E-state index is 11.9. The van der Waals surface area contributed by atoms with Gasteiger partial charge in [0.05, 0.1) is 5.69 Å². The Bertz CT molecular complexity index is 477. The molecule has 0 fully saturated rings. The number of primary amides is 1. The number of benzene rings is 1. The fourth-order valence-corrected chi connectivity index (χ4v) is 1.47. The van der Waals surface area contributed by atoms with E-state index in [-0.39, 0.29) is 18.3 Å².